The molecule has 0 fully saturated rings. The number of fused-ring (bicyclic) bond motifs is 3. The van der Waals surface area contributed by atoms with Gasteiger partial charge in [0.15, 0.2) is 5.58 Å². The summed E-state index contributed by atoms with van der Waals surface area (Å²) in [5, 5.41) is 5.83. The van der Waals surface area contributed by atoms with Gasteiger partial charge in [-0.2, -0.15) is 0 Å². The zero-order chi connectivity index (χ0) is 17.5. The SMILES string of the molecule is C/C=C\CNc1cccc2c1oc1c(CC(C)C)cccc12.CC. The molecule has 0 unspecified atom stereocenters. The van der Waals surface area contributed by atoms with Crippen LogP contribution >= 0.6 is 0 Å². The predicted molar refractivity (Wildman–Crippen MR) is 107 cm³/mol. The van der Waals surface area contributed by atoms with Crippen LogP contribution in [0.25, 0.3) is 21.9 Å². The van der Waals surface area contributed by atoms with Crippen LogP contribution in [0.3, 0.4) is 0 Å². The van der Waals surface area contributed by atoms with Gasteiger partial charge in [0.2, 0.25) is 0 Å². The third-order valence-electron chi connectivity index (χ3n) is 3.88. The minimum Gasteiger partial charge on any atom is -0.454 e. The number of nitrogens with one attached hydrogen (secondary N) is 1. The maximum atomic E-state index is 6.26. The first-order chi connectivity index (χ1) is 11.7. The molecule has 128 valence electrons. The van der Waals surface area contributed by atoms with Crippen molar-refractivity contribution in [3.8, 4) is 0 Å². The summed E-state index contributed by atoms with van der Waals surface area (Å²) in [6.45, 7) is 11.3. The number of anilines is 1. The molecule has 0 spiro atoms. The maximum absolute atomic E-state index is 6.26. The first-order valence-corrected chi connectivity index (χ1v) is 8.99. The highest BCUT2D eigenvalue weighted by Gasteiger charge is 2.13. The van der Waals surface area contributed by atoms with Crippen molar-refractivity contribution in [1.29, 1.82) is 0 Å². The standard InChI is InChI=1S/C20H23NO.C2H6/c1-4-5-12-21-18-11-7-10-17-16-9-6-8-15(13-14(2)3)19(16)22-20(17)18;1-2/h4-11,14,21H,12-13H2,1-3H3;1-2H3/b5-4-;. The normalized spacial score (nSPS) is 11.2. The van der Waals surface area contributed by atoms with Crippen LogP contribution in [0.2, 0.25) is 0 Å². The van der Waals surface area contributed by atoms with Gasteiger partial charge >= 0.3 is 0 Å². The van der Waals surface area contributed by atoms with E-state index in [0.717, 1.165) is 29.8 Å². The molecular formula is C22H29NO. The van der Waals surface area contributed by atoms with Gasteiger partial charge in [-0.25, -0.2) is 0 Å². The lowest BCUT2D eigenvalue weighted by molar-refractivity contribution is 0.624. The van der Waals surface area contributed by atoms with Gasteiger partial charge in [-0.3, -0.25) is 0 Å². The third kappa shape index (κ3) is 3.81. The second kappa shape index (κ2) is 8.58. The Hall–Kier alpha value is -2.22. The molecule has 0 aliphatic rings. The molecule has 0 bridgehead atoms. The van der Waals surface area contributed by atoms with E-state index in [4.69, 9.17) is 4.42 Å². The number of benzene rings is 2. The van der Waals surface area contributed by atoms with E-state index in [9.17, 15) is 0 Å². The van der Waals surface area contributed by atoms with Gasteiger partial charge in [0.1, 0.15) is 5.58 Å². The van der Waals surface area contributed by atoms with Crippen molar-refractivity contribution >= 4 is 27.6 Å². The Balaban J connectivity index is 0.00000100. The van der Waals surface area contributed by atoms with Crippen LogP contribution < -0.4 is 5.32 Å². The molecule has 24 heavy (non-hydrogen) atoms. The Morgan fingerprint density at radius 2 is 1.67 bits per heavy atom. The lowest BCUT2D eigenvalue weighted by Gasteiger charge is -2.05. The second-order valence-electron chi connectivity index (χ2n) is 6.13. The summed E-state index contributed by atoms with van der Waals surface area (Å²) in [5.74, 6) is 0.617. The van der Waals surface area contributed by atoms with E-state index in [2.05, 4.69) is 61.6 Å². The largest absolute Gasteiger partial charge is 0.454 e. The van der Waals surface area contributed by atoms with Crippen LogP contribution in [-0.4, -0.2) is 6.54 Å². The van der Waals surface area contributed by atoms with Crippen molar-refractivity contribution < 1.29 is 4.42 Å². The van der Waals surface area contributed by atoms with Gasteiger partial charge in [0.05, 0.1) is 5.69 Å². The highest BCUT2D eigenvalue weighted by molar-refractivity contribution is 6.09. The Kier molecular flexibility index (Phi) is 6.48. The van der Waals surface area contributed by atoms with Gasteiger partial charge in [0, 0.05) is 17.3 Å². The average Bonchev–Trinajstić information content (AvgIpc) is 2.97. The van der Waals surface area contributed by atoms with Crippen LogP contribution in [0.4, 0.5) is 5.69 Å². The average molecular weight is 323 g/mol. The summed E-state index contributed by atoms with van der Waals surface area (Å²) in [7, 11) is 0. The summed E-state index contributed by atoms with van der Waals surface area (Å²) >= 11 is 0. The minimum absolute atomic E-state index is 0.617. The van der Waals surface area contributed by atoms with E-state index < -0.39 is 0 Å². The van der Waals surface area contributed by atoms with Crippen molar-refractivity contribution in [2.45, 2.75) is 41.0 Å². The van der Waals surface area contributed by atoms with Gasteiger partial charge in [-0.05, 0) is 30.9 Å². The number of allylic oxidation sites excluding steroid dienone is 1. The molecule has 0 aliphatic carbocycles. The third-order valence-corrected chi connectivity index (χ3v) is 3.88. The van der Waals surface area contributed by atoms with Crippen LogP contribution in [-0.2, 0) is 6.42 Å². The molecular weight excluding hydrogens is 294 g/mol. The molecule has 0 amide bonds. The summed E-state index contributed by atoms with van der Waals surface area (Å²) in [4.78, 5) is 0. The van der Waals surface area contributed by atoms with Crippen LogP contribution in [0.5, 0.6) is 0 Å². The topological polar surface area (TPSA) is 25.2 Å². The Morgan fingerprint density at radius 1 is 1.00 bits per heavy atom. The number of rotatable bonds is 5. The minimum atomic E-state index is 0.617. The van der Waals surface area contributed by atoms with E-state index >= 15 is 0 Å². The van der Waals surface area contributed by atoms with Crippen molar-refractivity contribution in [1.82, 2.24) is 0 Å². The summed E-state index contributed by atoms with van der Waals surface area (Å²) in [5.41, 5.74) is 4.34. The van der Waals surface area contributed by atoms with Crippen molar-refractivity contribution in [3.63, 3.8) is 0 Å². The summed E-state index contributed by atoms with van der Waals surface area (Å²) in [6, 6.07) is 12.8. The van der Waals surface area contributed by atoms with E-state index in [1.807, 2.05) is 26.8 Å². The number of hydrogen-bond donors (Lipinski definition) is 1. The fourth-order valence-corrected chi connectivity index (χ4v) is 2.91. The molecule has 2 heteroatoms. The maximum Gasteiger partial charge on any atom is 0.158 e. The molecule has 3 rings (SSSR count). The smallest absolute Gasteiger partial charge is 0.158 e. The molecule has 0 aliphatic heterocycles. The molecule has 3 aromatic rings. The highest BCUT2D eigenvalue weighted by Crippen LogP contribution is 2.35. The fraction of sp³-hybridized carbons (Fsp3) is 0.364. The monoisotopic (exact) mass is 323 g/mol. The Labute approximate surface area is 145 Å². The van der Waals surface area contributed by atoms with E-state index in [-0.39, 0.29) is 0 Å². The number of furan rings is 1. The molecule has 0 radical (unpaired) electrons. The van der Waals surface area contributed by atoms with E-state index in [1.54, 1.807) is 0 Å². The Morgan fingerprint density at radius 3 is 2.33 bits per heavy atom. The van der Waals surface area contributed by atoms with Crippen LogP contribution in [0, 0.1) is 5.92 Å². The molecule has 0 atom stereocenters. The lowest BCUT2D eigenvalue weighted by atomic mass is 10.0. The van der Waals surface area contributed by atoms with Gasteiger partial charge in [-0.15, -0.1) is 0 Å². The van der Waals surface area contributed by atoms with E-state index in [0.29, 0.717) is 5.92 Å². The molecule has 0 saturated carbocycles. The quantitative estimate of drug-likeness (QED) is 0.522. The first kappa shape index (κ1) is 18.1. The zero-order valence-electron chi connectivity index (χ0n) is 15.5. The van der Waals surface area contributed by atoms with Crippen LogP contribution in [0.1, 0.15) is 40.2 Å². The molecule has 1 N–H and O–H groups in total. The van der Waals surface area contributed by atoms with Gasteiger partial charge in [0.25, 0.3) is 0 Å². The van der Waals surface area contributed by atoms with Crippen molar-refractivity contribution in [2.75, 3.05) is 11.9 Å². The predicted octanol–water partition coefficient (Wildman–Crippen LogP) is 6.80. The van der Waals surface area contributed by atoms with E-state index in [1.165, 1.54) is 16.3 Å². The van der Waals surface area contributed by atoms with Crippen LogP contribution in [0.15, 0.2) is 53.0 Å². The highest BCUT2D eigenvalue weighted by atomic mass is 16.3. The second-order valence-corrected chi connectivity index (χ2v) is 6.13. The van der Waals surface area contributed by atoms with Gasteiger partial charge in [-0.1, -0.05) is 70.2 Å². The summed E-state index contributed by atoms with van der Waals surface area (Å²) < 4.78 is 6.26. The van der Waals surface area contributed by atoms with Gasteiger partial charge < -0.3 is 9.73 Å². The fourth-order valence-electron chi connectivity index (χ4n) is 2.91. The molecule has 2 nitrogen and oxygen atoms in total. The molecule has 1 heterocycles. The number of para-hydroxylation sites is 2. The lowest BCUT2D eigenvalue weighted by Crippen LogP contribution is -1.97. The Bertz CT molecular complexity index is 811. The summed E-state index contributed by atoms with van der Waals surface area (Å²) in [6.07, 6.45) is 5.19. The zero-order valence-corrected chi connectivity index (χ0v) is 15.5. The van der Waals surface area contributed by atoms with Crippen molar-refractivity contribution in [2.24, 2.45) is 5.92 Å². The van der Waals surface area contributed by atoms with Crippen molar-refractivity contribution in [3.05, 3.63) is 54.1 Å². The number of hydrogen-bond acceptors (Lipinski definition) is 2. The molecule has 1 aromatic heterocycles. The molecule has 2 aromatic carbocycles. The molecule has 0 saturated heterocycles. The first-order valence-electron chi connectivity index (χ1n) is 8.99.